The maximum Gasteiger partial charge on any atom is 0.222 e. The molecule has 0 saturated carbocycles. The number of unbranched alkanes of at least 4 members (excludes halogenated alkanes) is 1. The number of carbonyl (C=O) groups is 1. The molecule has 18 heavy (non-hydrogen) atoms. The van der Waals surface area contributed by atoms with Crippen molar-refractivity contribution >= 4 is 29.1 Å². The minimum Gasteiger partial charge on any atom is -0.339 e. The van der Waals surface area contributed by atoms with Crippen LogP contribution in [0.15, 0.2) is 24.3 Å². The van der Waals surface area contributed by atoms with Crippen LogP contribution in [-0.2, 0) is 4.79 Å². The maximum absolute atomic E-state index is 12.0. The van der Waals surface area contributed by atoms with Gasteiger partial charge in [0.25, 0.3) is 0 Å². The second-order valence-corrected chi connectivity index (χ2v) is 5.20. The van der Waals surface area contributed by atoms with Gasteiger partial charge < -0.3 is 4.90 Å². The Hall–Kier alpha value is -0.730. The van der Waals surface area contributed by atoms with Crippen molar-refractivity contribution in [1.29, 1.82) is 0 Å². The molecule has 1 rings (SSSR count). The van der Waals surface area contributed by atoms with Gasteiger partial charge in [0, 0.05) is 24.4 Å². The zero-order valence-corrected chi connectivity index (χ0v) is 12.3. The molecule has 0 N–H and O–H groups in total. The Bertz CT molecular complexity index is 395. The Morgan fingerprint density at radius 3 is 2.72 bits per heavy atom. The van der Waals surface area contributed by atoms with Crippen molar-refractivity contribution in [2.45, 2.75) is 32.2 Å². The average molecular weight is 288 g/mol. The van der Waals surface area contributed by atoms with Crippen LogP contribution in [-0.4, -0.2) is 23.7 Å². The molecular formula is C14H19Cl2NO. The monoisotopic (exact) mass is 287 g/mol. The molecule has 1 aromatic carbocycles. The van der Waals surface area contributed by atoms with E-state index in [0.29, 0.717) is 17.3 Å². The van der Waals surface area contributed by atoms with E-state index in [1.165, 1.54) is 0 Å². The van der Waals surface area contributed by atoms with E-state index in [1.807, 2.05) is 38.2 Å². The predicted octanol–water partition coefficient (Wildman–Crippen LogP) is 4.27. The van der Waals surface area contributed by atoms with Crippen LogP contribution in [0.2, 0.25) is 5.02 Å². The zero-order chi connectivity index (χ0) is 13.5. The summed E-state index contributed by atoms with van der Waals surface area (Å²) in [7, 11) is 1.83. The van der Waals surface area contributed by atoms with Gasteiger partial charge in [0.15, 0.2) is 0 Å². The fourth-order valence-electron chi connectivity index (χ4n) is 1.75. The van der Waals surface area contributed by atoms with Gasteiger partial charge in [-0.3, -0.25) is 4.79 Å². The van der Waals surface area contributed by atoms with Gasteiger partial charge in [0.05, 0.1) is 6.04 Å². The van der Waals surface area contributed by atoms with Gasteiger partial charge in [-0.25, -0.2) is 0 Å². The summed E-state index contributed by atoms with van der Waals surface area (Å²) in [4.78, 5) is 13.7. The minimum atomic E-state index is 0.0344. The highest BCUT2D eigenvalue weighted by Crippen LogP contribution is 2.22. The standard InChI is InChI=1S/C14H19Cl2NO/c1-11(12-6-5-7-13(16)10-12)17(2)14(18)8-3-4-9-15/h5-7,10-11H,3-4,8-9H2,1-2H3. The third-order valence-electron chi connectivity index (χ3n) is 3.08. The zero-order valence-electron chi connectivity index (χ0n) is 10.8. The number of hydrogen-bond donors (Lipinski definition) is 0. The lowest BCUT2D eigenvalue weighted by molar-refractivity contribution is -0.131. The highest BCUT2D eigenvalue weighted by Gasteiger charge is 2.16. The highest BCUT2D eigenvalue weighted by molar-refractivity contribution is 6.30. The molecule has 0 fully saturated rings. The topological polar surface area (TPSA) is 20.3 Å². The summed E-state index contributed by atoms with van der Waals surface area (Å²) in [5, 5.41) is 0.697. The van der Waals surface area contributed by atoms with Gasteiger partial charge >= 0.3 is 0 Å². The van der Waals surface area contributed by atoms with Crippen LogP contribution in [0.5, 0.6) is 0 Å². The molecule has 0 spiro atoms. The molecule has 1 atom stereocenters. The average Bonchev–Trinajstić information content (AvgIpc) is 2.37. The number of rotatable bonds is 6. The molecule has 0 heterocycles. The first-order valence-electron chi connectivity index (χ1n) is 6.13. The fourth-order valence-corrected chi connectivity index (χ4v) is 2.14. The smallest absolute Gasteiger partial charge is 0.222 e. The molecule has 4 heteroatoms. The van der Waals surface area contributed by atoms with E-state index in [1.54, 1.807) is 4.90 Å². The Morgan fingerprint density at radius 1 is 1.39 bits per heavy atom. The molecule has 2 nitrogen and oxygen atoms in total. The molecule has 1 aromatic rings. The Kier molecular flexibility index (Phi) is 6.51. The van der Waals surface area contributed by atoms with Crippen LogP contribution in [0, 0.1) is 0 Å². The largest absolute Gasteiger partial charge is 0.339 e. The third-order valence-corrected chi connectivity index (χ3v) is 3.58. The molecule has 0 saturated heterocycles. The van der Waals surface area contributed by atoms with Crippen molar-refractivity contribution in [3.63, 3.8) is 0 Å². The van der Waals surface area contributed by atoms with Gasteiger partial charge in [0.2, 0.25) is 5.91 Å². The molecular weight excluding hydrogens is 269 g/mol. The normalized spacial score (nSPS) is 12.2. The predicted molar refractivity (Wildman–Crippen MR) is 77.2 cm³/mol. The SMILES string of the molecule is CC(c1cccc(Cl)c1)N(C)C(=O)CCCCCl. The molecule has 1 amide bonds. The number of amides is 1. The van der Waals surface area contributed by atoms with E-state index in [-0.39, 0.29) is 11.9 Å². The van der Waals surface area contributed by atoms with E-state index in [0.717, 1.165) is 18.4 Å². The van der Waals surface area contributed by atoms with Crippen molar-refractivity contribution < 1.29 is 4.79 Å². The maximum atomic E-state index is 12.0. The van der Waals surface area contributed by atoms with Gasteiger partial charge in [-0.15, -0.1) is 11.6 Å². The molecule has 0 aliphatic carbocycles. The first kappa shape index (κ1) is 15.3. The van der Waals surface area contributed by atoms with Crippen molar-refractivity contribution in [1.82, 2.24) is 4.90 Å². The van der Waals surface area contributed by atoms with E-state index < -0.39 is 0 Å². The van der Waals surface area contributed by atoms with E-state index in [9.17, 15) is 4.79 Å². The summed E-state index contributed by atoms with van der Waals surface area (Å²) < 4.78 is 0. The number of halogens is 2. The van der Waals surface area contributed by atoms with E-state index in [2.05, 4.69) is 0 Å². The van der Waals surface area contributed by atoms with Crippen LogP contribution in [0.25, 0.3) is 0 Å². The van der Waals surface area contributed by atoms with Crippen molar-refractivity contribution in [3.8, 4) is 0 Å². The lowest BCUT2D eigenvalue weighted by Crippen LogP contribution is -2.29. The second kappa shape index (κ2) is 7.65. The quantitative estimate of drug-likeness (QED) is 0.565. The summed E-state index contributed by atoms with van der Waals surface area (Å²) >= 11 is 11.6. The molecule has 0 radical (unpaired) electrons. The number of hydrogen-bond acceptors (Lipinski definition) is 1. The van der Waals surface area contributed by atoms with Gasteiger partial charge in [0.1, 0.15) is 0 Å². The second-order valence-electron chi connectivity index (χ2n) is 4.38. The molecule has 1 unspecified atom stereocenters. The first-order chi connectivity index (χ1) is 8.56. The molecule has 0 bridgehead atoms. The Labute approximate surface area is 119 Å². The van der Waals surface area contributed by atoms with Crippen LogP contribution in [0.1, 0.15) is 37.8 Å². The van der Waals surface area contributed by atoms with Crippen molar-refractivity contribution in [2.75, 3.05) is 12.9 Å². The Balaban J connectivity index is 2.60. The summed E-state index contributed by atoms with van der Waals surface area (Å²) in [6, 6.07) is 7.65. The van der Waals surface area contributed by atoms with E-state index in [4.69, 9.17) is 23.2 Å². The van der Waals surface area contributed by atoms with Crippen LogP contribution in [0.3, 0.4) is 0 Å². The number of nitrogens with zero attached hydrogens (tertiary/aromatic N) is 1. The van der Waals surface area contributed by atoms with Crippen molar-refractivity contribution in [3.05, 3.63) is 34.9 Å². The molecule has 0 aliphatic heterocycles. The van der Waals surface area contributed by atoms with Gasteiger partial charge in [-0.1, -0.05) is 23.7 Å². The fraction of sp³-hybridized carbons (Fsp3) is 0.500. The first-order valence-corrected chi connectivity index (χ1v) is 7.04. The number of alkyl halides is 1. The minimum absolute atomic E-state index is 0.0344. The van der Waals surface area contributed by atoms with Gasteiger partial charge in [-0.05, 0) is 37.5 Å². The molecule has 0 aromatic heterocycles. The Morgan fingerprint density at radius 2 is 2.11 bits per heavy atom. The lowest BCUT2D eigenvalue weighted by atomic mass is 10.1. The van der Waals surface area contributed by atoms with Crippen LogP contribution < -0.4 is 0 Å². The highest BCUT2D eigenvalue weighted by atomic mass is 35.5. The molecule has 0 aliphatic rings. The molecule has 100 valence electrons. The van der Waals surface area contributed by atoms with Crippen LogP contribution in [0.4, 0.5) is 0 Å². The van der Waals surface area contributed by atoms with Crippen LogP contribution >= 0.6 is 23.2 Å². The lowest BCUT2D eigenvalue weighted by Gasteiger charge is -2.25. The van der Waals surface area contributed by atoms with Gasteiger partial charge in [-0.2, -0.15) is 0 Å². The summed E-state index contributed by atoms with van der Waals surface area (Å²) in [6.45, 7) is 2.01. The van der Waals surface area contributed by atoms with Crippen molar-refractivity contribution in [2.24, 2.45) is 0 Å². The summed E-state index contributed by atoms with van der Waals surface area (Å²) in [5.41, 5.74) is 1.05. The third kappa shape index (κ3) is 4.51. The van der Waals surface area contributed by atoms with E-state index >= 15 is 0 Å². The summed E-state index contributed by atoms with van der Waals surface area (Å²) in [6.07, 6.45) is 2.27. The number of carbonyl (C=O) groups excluding carboxylic acids is 1. The number of benzene rings is 1. The summed E-state index contributed by atoms with van der Waals surface area (Å²) in [5.74, 6) is 0.758.